The molecule has 0 heterocycles. The Balaban J connectivity index is 2.83. The van der Waals surface area contributed by atoms with Crippen LogP contribution in [0.2, 0.25) is 0 Å². The minimum absolute atomic E-state index is 0.269. The lowest BCUT2D eigenvalue weighted by Gasteiger charge is -2.37. The molecule has 19 heavy (non-hydrogen) atoms. The van der Waals surface area contributed by atoms with E-state index < -0.39 is 16.3 Å². The van der Waals surface area contributed by atoms with Gasteiger partial charge in [0, 0.05) is 20.1 Å². The molecule has 0 bridgehead atoms. The van der Waals surface area contributed by atoms with Crippen LogP contribution < -0.4 is 0 Å². The summed E-state index contributed by atoms with van der Waals surface area (Å²) in [6, 6.07) is -0.269. The normalized spacial score (nSPS) is 25.2. The van der Waals surface area contributed by atoms with Gasteiger partial charge in [0.2, 0.25) is 0 Å². The summed E-state index contributed by atoms with van der Waals surface area (Å²) in [6.07, 6.45) is 4.51. The summed E-state index contributed by atoms with van der Waals surface area (Å²) < 4.78 is 28.1. The van der Waals surface area contributed by atoms with Crippen LogP contribution >= 0.6 is 0 Å². The third-order valence-electron chi connectivity index (χ3n) is 3.80. The zero-order valence-corrected chi connectivity index (χ0v) is 13.2. The highest BCUT2D eigenvalue weighted by Crippen LogP contribution is 2.25. The van der Waals surface area contributed by atoms with E-state index >= 15 is 0 Å². The Kier molecular flexibility index (Phi) is 6.73. The number of hydrogen-bond donors (Lipinski definition) is 1. The Morgan fingerprint density at radius 3 is 2.11 bits per heavy atom. The van der Waals surface area contributed by atoms with Gasteiger partial charge in [-0.25, -0.2) is 0 Å². The van der Waals surface area contributed by atoms with E-state index in [0.717, 1.165) is 32.1 Å². The first-order valence-electron chi connectivity index (χ1n) is 7.36. The SMILES string of the molecule is CCCN(CCC)S(=O)(=O)N(C)C1CCCCC1O. The molecule has 114 valence electrons. The van der Waals surface area contributed by atoms with Crippen LogP contribution in [-0.2, 0) is 10.2 Å². The van der Waals surface area contributed by atoms with Crippen molar-refractivity contribution in [1.82, 2.24) is 8.61 Å². The molecular formula is C13H28N2O3S. The summed E-state index contributed by atoms with van der Waals surface area (Å²) in [6.45, 7) is 5.05. The molecule has 0 spiro atoms. The van der Waals surface area contributed by atoms with Crippen LogP contribution in [0.3, 0.4) is 0 Å². The van der Waals surface area contributed by atoms with E-state index in [2.05, 4.69) is 0 Å². The topological polar surface area (TPSA) is 60.9 Å². The highest BCUT2D eigenvalue weighted by Gasteiger charge is 2.36. The molecule has 1 aliphatic rings. The minimum atomic E-state index is -3.45. The molecule has 1 fully saturated rings. The van der Waals surface area contributed by atoms with Gasteiger partial charge in [0.1, 0.15) is 0 Å². The molecule has 1 saturated carbocycles. The van der Waals surface area contributed by atoms with Gasteiger partial charge < -0.3 is 5.11 Å². The predicted octanol–water partition coefficient (Wildman–Crippen LogP) is 1.59. The van der Waals surface area contributed by atoms with Crippen molar-refractivity contribution in [3.8, 4) is 0 Å². The van der Waals surface area contributed by atoms with E-state index in [1.807, 2.05) is 13.8 Å². The largest absolute Gasteiger partial charge is 0.391 e. The van der Waals surface area contributed by atoms with Crippen LogP contribution in [0.25, 0.3) is 0 Å². The lowest BCUT2D eigenvalue weighted by atomic mass is 9.93. The molecule has 1 N–H and O–H groups in total. The molecule has 2 unspecified atom stereocenters. The number of aliphatic hydroxyl groups excluding tert-OH is 1. The molecule has 0 aliphatic heterocycles. The van der Waals surface area contributed by atoms with Crippen molar-refractivity contribution in [3.63, 3.8) is 0 Å². The van der Waals surface area contributed by atoms with Gasteiger partial charge in [-0.1, -0.05) is 26.7 Å². The molecule has 0 radical (unpaired) electrons. The maximum Gasteiger partial charge on any atom is 0.282 e. The number of rotatable bonds is 7. The van der Waals surface area contributed by atoms with Crippen molar-refractivity contribution in [2.75, 3.05) is 20.1 Å². The molecule has 6 heteroatoms. The quantitative estimate of drug-likeness (QED) is 0.775. The smallest absolute Gasteiger partial charge is 0.282 e. The Bertz CT molecular complexity index is 353. The van der Waals surface area contributed by atoms with Crippen molar-refractivity contribution < 1.29 is 13.5 Å². The molecular weight excluding hydrogens is 264 g/mol. The molecule has 0 aromatic heterocycles. The summed E-state index contributed by atoms with van der Waals surface area (Å²) >= 11 is 0. The fourth-order valence-corrected chi connectivity index (χ4v) is 4.49. The first-order valence-corrected chi connectivity index (χ1v) is 8.76. The standard InChI is InChI=1S/C13H28N2O3S/c1-4-10-15(11-5-2)19(17,18)14(3)12-8-6-7-9-13(12)16/h12-13,16H,4-11H2,1-3H3. The van der Waals surface area contributed by atoms with E-state index in [1.54, 1.807) is 7.05 Å². The molecule has 1 rings (SSSR count). The van der Waals surface area contributed by atoms with Crippen molar-refractivity contribution >= 4 is 10.2 Å². The second-order valence-electron chi connectivity index (χ2n) is 5.34. The van der Waals surface area contributed by atoms with E-state index in [9.17, 15) is 13.5 Å². The zero-order valence-electron chi connectivity index (χ0n) is 12.4. The number of hydrogen-bond acceptors (Lipinski definition) is 3. The second kappa shape index (κ2) is 7.57. The average Bonchev–Trinajstić information content (AvgIpc) is 2.38. The van der Waals surface area contributed by atoms with E-state index in [1.165, 1.54) is 8.61 Å². The van der Waals surface area contributed by atoms with Gasteiger partial charge in [0.25, 0.3) is 10.2 Å². The van der Waals surface area contributed by atoms with Crippen LogP contribution in [0.5, 0.6) is 0 Å². The van der Waals surface area contributed by atoms with Crippen LogP contribution in [0.4, 0.5) is 0 Å². The Morgan fingerprint density at radius 2 is 1.63 bits per heavy atom. The molecule has 0 amide bonds. The van der Waals surface area contributed by atoms with Gasteiger partial charge in [0.15, 0.2) is 0 Å². The summed E-state index contributed by atoms with van der Waals surface area (Å²) in [5.41, 5.74) is 0. The van der Waals surface area contributed by atoms with E-state index in [4.69, 9.17) is 0 Å². The Hall–Kier alpha value is -0.170. The van der Waals surface area contributed by atoms with Crippen molar-refractivity contribution in [3.05, 3.63) is 0 Å². The van der Waals surface area contributed by atoms with Gasteiger partial charge in [-0.05, 0) is 25.7 Å². The zero-order chi connectivity index (χ0) is 14.5. The fraction of sp³-hybridized carbons (Fsp3) is 1.00. The van der Waals surface area contributed by atoms with Gasteiger partial charge >= 0.3 is 0 Å². The van der Waals surface area contributed by atoms with E-state index in [0.29, 0.717) is 19.5 Å². The van der Waals surface area contributed by atoms with Crippen LogP contribution in [0.15, 0.2) is 0 Å². The minimum Gasteiger partial charge on any atom is -0.391 e. The lowest BCUT2D eigenvalue weighted by molar-refractivity contribution is 0.0613. The van der Waals surface area contributed by atoms with Gasteiger partial charge in [-0.3, -0.25) is 0 Å². The highest BCUT2D eigenvalue weighted by molar-refractivity contribution is 7.86. The maximum absolute atomic E-state index is 12.6. The van der Waals surface area contributed by atoms with Crippen LogP contribution in [0.1, 0.15) is 52.4 Å². The van der Waals surface area contributed by atoms with Crippen molar-refractivity contribution in [2.24, 2.45) is 0 Å². The molecule has 0 aromatic rings. The number of aliphatic hydroxyl groups is 1. The molecule has 0 saturated heterocycles. The van der Waals surface area contributed by atoms with Crippen LogP contribution in [-0.4, -0.2) is 54.4 Å². The highest BCUT2D eigenvalue weighted by atomic mass is 32.2. The average molecular weight is 292 g/mol. The summed E-state index contributed by atoms with van der Waals surface area (Å²) in [7, 11) is -1.85. The summed E-state index contributed by atoms with van der Waals surface area (Å²) in [5.74, 6) is 0. The first kappa shape index (κ1) is 16.9. The Morgan fingerprint density at radius 1 is 1.11 bits per heavy atom. The second-order valence-corrected chi connectivity index (χ2v) is 7.33. The summed E-state index contributed by atoms with van der Waals surface area (Å²) in [5, 5.41) is 10.0. The fourth-order valence-electron chi connectivity index (χ4n) is 2.71. The third kappa shape index (κ3) is 4.15. The maximum atomic E-state index is 12.6. The molecule has 0 aromatic carbocycles. The molecule has 1 aliphatic carbocycles. The first-order chi connectivity index (χ1) is 8.95. The van der Waals surface area contributed by atoms with Gasteiger partial charge in [-0.15, -0.1) is 0 Å². The summed E-state index contributed by atoms with van der Waals surface area (Å²) in [4.78, 5) is 0. The predicted molar refractivity (Wildman–Crippen MR) is 77.1 cm³/mol. The third-order valence-corrected chi connectivity index (χ3v) is 5.81. The van der Waals surface area contributed by atoms with Crippen molar-refractivity contribution in [1.29, 1.82) is 0 Å². The van der Waals surface area contributed by atoms with Crippen LogP contribution in [0, 0.1) is 0 Å². The Labute approximate surface area is 117 Å². The monoisotopic (exact) mass is 292 g/mol. The number of likely N-dealkylation sites (N-methyl/N-ethyl adjacent to an activating group) is 1. The lowest BCUT2D eigenvalue weighted by Crippen LogP contribution is -2.51. The van der Waals surface area contributed by atoms with E-state index in [-0.39, 0.29) is 6.04 Å². The molecule has 5 nitrogen and oxygen atoms in total. The molecule has 2 atom stereocenters. The van der Waals surface area contributed by atoms with Gasteiger partial charge in [-0.2, -0.15) is 17.0 Å². The van der Waals surface area contributed by atoms with Crippen molar-refractivity contribution in [2.45, 2.75) is 64.5 Å². The number of nitrogens with zero attached hydrogens (tertiary/aromatic N) is 2. The van der Waals surface area contributed by atoms with Gasteiger partial charge in [0.05, 0.1) is 12.1 Å².